The van der Waals surface area contributed by atoms with E-state index in [0.717, 1.165) is 19.0 Å². The van der Waals surface area contributed by atoms with Crippen molar-refractivity contribution in [2.45, 2.75) is 53.5 Å². The van der Waals surface area contributed by atoms with Crippen molar-refractivity contribution < 1.29 is 5.21 Å². The van der Waals surface area contributed by atoms with Gasteiger partial charge in [-0.2, -0.15) is 0 Å². The lowest BCUT2D eigenvalue weighted by Gasteiger charge is -2.29. The first-order valence-corrected chi connectivity index (χ1v) is 6.57. The Kier molecular flexibility index (Phi) is 7.96. The van der Waals surface area contributed by atoms with E-state index in [-0.39, 0.29) is 0 Å². The van der Waals surface area contributed by atoms with Crippen molar-refractivity contribution in [2.24, 2.45) is 22.7 Å². The molecule has 0 aliphatic rings. The van der Waals surface area contributed by atoms with Gasteiger partial charge in [0, 0.05) is 25.6 Å². The van der Waals surface area contributed by atoms with E-state index in [2.05, 4.69) is 44.7 Å². The van der Waals surface area contributed by atoms with E-state index < -0.39 is 0 Å². The van der Waals surface area contributed by atoms with Gasteiger partial charge in [0.15, 0.2) is 0 Å². The van der Waals surface area contributed by atoms with Crippen molar-refractivity contribution in [3.05, 3.63) is 0 Å². The van der Waals surface area contributed by atoms with Crippen LogP contribution < -0.4 is 5.73 Å². The second-order valence-corrected chi connectivity index (χ2v) is 5.66. The molecule has 0 amide bonds. The first kappa shape index (κ1) is 16.2. The molecule has 0 aromatic carbocycles. The quantitative estimate of drug-likeness (QED) is 0.298. The van der Waals surface area contributed by atoms with Crippen LogP contribution in [0.3, 0.4) is 0 Å². The molecule has 1 atom stereocenters. The van der Waals surface area contributed by atoms with Gasteiger partial charge in [0.05, 0.1) is 0 Å². The highest BCUT2D eigenvalue weighted by Crippen LogP contribution is 2.14. The summed E-state index contributed by atoms with van der Waals surface area (Å²) in [6.45, 7) is 13.1. The zero-order chi connectivity index (χ0) is 13.4. The van der Waals surface area contributed by atoms with Crippen molar-refractivity contribution in [3.8, 4) is 0 Å². The molecule has 17 heavy (non-hydrogen) atoms. The Labute approximate surface area is 106 Å². The first-order valence-electron chi connectivity index (χ1n) is 6.57. The van der Waals surface area contributed by atoms with Crippen molar-refractivity contribution >= 4 is 5.84 Å². The number of rotatable bonds is 8. The molecule has 0 spiro atoms. The van der Waals surface area contributed by atoms with Gasteiger partial charge in [-0.25, -0.2) is 0 Å². The lowest BCUT2D eigenvalue weighted by atomic mass is 9.98. The maximum Gasteiger partial charge on any atom is 0.140 e. The molecular formula is C13H29N3O. The van der Waals surface area contributed by atoms with Crippen LogP contribution in [0.2, 0.25) is 0 Å². The molecule has 0 aliphatic carbocycles. The number of amidine groups is 1. The largest absolute Gasteiger partial charge is 0.409 e. The van der Waals surface area contributed by atoms with Crippen LogP contribution in [0.5, 0.6) is 0 Å². The molecule has 0 aromatic heterocycles. The van der Waals surface area contributed by atoms with E-state index in [1.54, 1.807) is 0 Å². The molecule has 0 fully saturated rings. The SMILES string of the molecule is CC(C)CC(C)CN(CCC(N)=NO)C(C)C. The fourth-order valence-electron chi connectivity index (χ4n) is 2.15. The number of nitrogens with two attached hydrogens (primary N) is 1. The van der Waals surface area contributed by atoms with Crippen LogP contribution in [0.15, 0.2) is 5.16 Å². The molecule has 0 bridgehead atoms. The minimum atomic E-state index is 0.312. The number of hydrogen-bond acceptors (Lipinski definition) is 3. The average molecular weight is 243 g/mol. The van der Waals surface area contributed by atoms with Crippen LogP contribution in [-0.4, -0.2) is 35.1 Å². The second-order valence-electron chi connectivity index (χ2n) is 5.66. The maximum atomic E-state index is 8.53. The predicted octanol–water partition coefficient (Wildman–Crippen LogP) is 2.52. The van der Waals surface area contributed by atoms with E-state index in [1.165, 1.54) is 6.42 Å². The summed E-state index contributed by atoms with van der Waals surface area (Å²) in [6.07, 6.45) is 1.87. The summed E-state index contributed by atoms with van der Waals surface area (Å²) in [6, 6.07) is 0.496. The van der Waals surface area contributed by atoms with Crippen LogP contribution in [-0.2, 0) is 0 Å². The van der Waals surface area contributed by atoms with Gasteiger partial charge in [0.2, 0.25) is 0 Å². The Balaban J connectivity index is 4.15. The molecule has 102 valence electrons. The van der Waals surface area contributed by atoms with E-state index in [4.69, 9.17) is 10.9 Å². The monoisotopic (exact) mass is 243 g/mol. The summed E-state index contributed by atoms with van der Waals surface area (Å²) in [5.41, 5.74) is 5.51. The molecule has 0 saturated heterocycles. The van der Waals surface area contributed by atoms with Gasteiger partial charge in [-0.15, -0.1) is 0 Å². The van der Waals surface area contributed by atoms with Gasteiger partial charge in [0.25, 0.3) is 0 Å². The topological polar surface area (TPSA) is 61.8 Å². The molecule has 0 aromatic rings. The standard InChI is InChI=1S/C13H29N3O/c1-10(2)8-12(5)9-16(11(3)4)7-6-13(14)15-17/h10-12,17H,6-9H2,1-5H3,(H2,14,15). The normalized spacial score (nSPS) is 14.9. The molecule has 0 radical (unpaired) electrons. The Morgan fingerprint density at radius 2 is 1.82 bits per heavy atom. The third kappa shape index (κ3) is 8.02. The second kappa shape index (κ2) is 8.34. The smallest absolute Gasteiger partial charge is 0.140 e. The molecule has 0 saturated carbocycles. The molecule has 4 nitrogen and oxygen atoms in total. The summed E-state index contributed by atoms with van der Waals surface area (Å²) in [5.74, 6) is 1.74. The van der Waals surface area contributed by atoms with Crippen molar-refractivity contribution in [3.63, 3.8) is 0 Å². The van der Waals surface area contributed by atoms with Gasteiger partial charge in [-0.3, -0.25) is 0 Å². The Morgan fingerprint density at radius 1 is 1.24 bits per heavy atom. The third-order valence-electron chi connectivity index (χ3n) is 2.93. The Hall–Kier alpha value is -0.770. The lowest BCUT2D eigenvalue weighted by molar-refractivity contribution is 0.186. The van der Waals surface area contributed by atoms with E-state index in [9.17, 15) is 0 Å². The first-order chi connectivity index (χ1) is 7.86. The van der Waals surface area contributed by atoms with Crippen LogP contribution in [0.25, 0.3) is 0 Å². The lowest BCUT2D eigenvalue weighted by Crippen LogP contribution is -2.37. The van der Waals surface area contributed by atoms with E-state index >= 15 is 0 Å². The van der Waals surface area contributed by atoms with Gasteiger partial charge in [0.1, 0.15) is 5.84 Å². The van der Waals surface area contributed by atoms with Crippen LogP contribution in [0.1, 0.15) is 47.5 Å². The van der Waals surface area contributed by atoms with Crippen LogP contribution >= 0.6 is 0 Å². The Bertz CT molecular complexity index is 227. The number of oxime groups is 1. The van der Waals surface area contributed by atoms with Crippen LogP contribution in [0, 0.1) is 11.8 Å². The number of nitrogens with zero attached hydrogens (tertiary/aromatic N) is 2. The van der Waals surface area contributed by atoms with Gasteiger partial charge < -0.3 is 15.8 Å². The molecule has 3 N–H and O–H groups in total. The maximum absolute atomic E-state index is 8.53. The summed E-state index contributed by atoms with van der Waals surface area (Å²) in [5, 5.41) is 11.5. The average Bonchev–Trinajstić information content (AvgIpc) is 2.22. The fourth-order valence-corrected chi connectivity index (χ4v) is 2.15. The van der Waals surface area contributed by atoms with Gasteiger partial charge in [-0.1, -0.05) is 25.9 Å². The Morgan fingerprint density at radius 3 is 2.24 bits per heavy atom. The predicted molar refractivity (Wildman–Crippen MR) is 73.4 cm³/mol. The van der Waals surface area contributed by atoms with Crippen LogP contribution in [0.4, 0.5) is 0 Å². The van der Waals surface area contributed by atoms with Crippen molar-refractivity contribution in [1.29, 1.82) is 0 Å². The van der Waals surface area contributed by atoms with Gasteiger partial charge in [-0.05, 0) is 32.1 Å². The molecule has 0 rings (SSSR count). The highest BCUT2D eigenvalue weighted by molar-refractivity contribution is 5.79. The highest BCUT2D eigenvalue weighted by atomic mass is 16.4. The zero-order valence-corrected chi connectivity index (χ0v) is 12.0. The third-order valence-corrected chi connectivity index (χ3v) is 2.93. The fraction of sp³-hybridized carbons (Fsp3) is 0.923. The zero-order valence-electron chi connectivity index (χ0n) is 12.0. The molecule has 1 unspecified atom stereocenters. The summed E-state index contributed by atoms with van der Waals surface area (Å²) in [4.78, 5) is 2.39. The molecule has 0 heterocycles. The minimum absolute atomic E-state index is 0.312. The van der Waals surface area contributed by atoms with Gasteiger partial charge >= 0.3 is 0 Å². The summed E-state index contributed by atoms with van der Waals surface area (Å²) < 4.78 is 0. The summed E-state index contributed by atoms with van der Waals surface area (Å²) >= 11 is 0. The van der Waals surface area contributed by atoms with E-state index in [1.807, 2.05) is 0 Å². The van der Waals surface area contributed by atoms with E-state index in [0.29, 0.717) is 24.2 Å². The molecule has 0 aliphatic heterocycles. The molecule has 4 heteroatoms. The highest BCUT2D eigenvalue weighted by Gasteiger charge is 2.14. The summed E-state index contributed by atoms with van der Waals surface area (Å²) in [7, 11) is 0. The molecular weight excluding hydrogens is 214 g/mol. The van der Waals surface area contributed by atoms with Crippen molar-refractivity contribution in [1.82, 2.24) is 4.90 Å². The minimum Gasteiger partial charge on any atom is -0.409 e. The number of hydrogen-bond donors (Lipinski definition) is 2. The van der Waals surface area contributed by atoms with Crippen molar-refractivity contribution in [2.75, 3.05) is 13.1 Å².